The maximum Gasteiger partial charge on any atom is 0.267 e. The lowest BCUT2D eigenvalue weighted by atomic mass is 10.2. The van der Waals surface area contributed by atoms with E-state index < -0.39 is 0 Å². The Kier molecular flexibility index (Phi) is 3.71. The summed E-state index contributed by atoms with van der Waals surface area (Å²) in [5.41, 5.74) is 0.633. The molecule has 3 rings (SSSR count). The molecule has 2 aromatic rings. The molecule has 0 atom stereocenters. The Morgan fingerprint density at radius 1 is 1.36 bits per heavy atom. The molecule has 2 aromatic heterocycles. The second-order valence-electron chi connectivity index (χ2n) is 4.60. The van der Waals surface area contributed by atoms with Crippen molar-refractivity contribution in [2.45, 2.75) is 0 Å². The molecule has 0 saturated carbocycles. The number of rotatable bonds is 2. The Bertz CT molecular complexity index is 888. The fraction of sp³-hybridized carbons (Fsp3) is 0.143. The molecule has 0 aromatic carbocycles. The molecular formula is C14H12N4O2S2. The highest BCUT2D eigenvalue weighted by Gasteiger charge is 2.29. The number of carbonyl (C=O) groups is 1. The van der Waals surface area contributed by atoms with Gasteiger partial charge in [-0.2, -0.15) is 0 Å². The molecular weight excluding hydrogens is 320 g/mol. The summed E-state index contributed by atoms with van der Waals surface area (Å²) >= 11 is 6.27. The molecule has 0 aliphatic carbocycles. The van der Waals surface area contributed by atoms with Gasteiger partial charge < -0.3 is 5.32 Å². The molecule has 22 heavy (non-hydrogen) atoms. The predicted octanol–water partition coefficient (Wildman–Crippen LogP) is 1.57. The van der Waals surface area contributed by atoms with Gasteiger partial charge in [-0.15, -0.1) is 0 Å². The predicted molar refractivity (Wildman–Crippen MR) is 91.9 cm³/mol. The van der Waals surface area contributed by atoms with Gasteiger partial charge in [-0.3, -0.25) is 18.9 Å². The van der Waals surface area contributed by atoms with Crippen molar-refractivity contribution >= 4 is 51.7 Å². The zero-order valence-electron chi connectivity index (χ0n) is 11.9. The highest BCUT2D eigenvalue weighted by atomic mass is 32.2. The first-order chi connectivity index (χ1) is 10.5. The number of fused-ring (bicyclic) bond motifs is 1. The molecule has 1 aliphatic heterocycles. The minimum atomic E-state index is -0.240. The molecule has 8 heteroatoms. The Hall–Kier alpha value is -2.19. The van der Waals surface area contributed by atoms with Gasteiger partial charge in [-0.1, -0.05) is 30.0 Å². The largest absolute Gasteiger partial charge is 0.372 e. The summed E-state index contributed by atoms with van der Waals surface area (Å²) in [5.74, 6) is 0.215. The standard InChI is InChI=1S/C14H12N4O2S2/c1-15-11-8(7-9-13(20)17(2)14(21)22-9)12(19)18-6-4-3-5-10(18)16-11/h3-7,15H,1-2H3. The van der Waals surface area contributed by atoms with E-state index in [1.165, 1.54) is 21.1 Å². The molecule has 1 aliphatic rings. The quantitative estimate of drug-likeness (QED) is 0.665. The first-order valence-corrected chi connectivity index (χ1v) is 7.66. The molecule has 3 heterocycles. The van der Waals surface area contributed by atoms with Gasteiger partial charge >= 0.3 is 0 Å². The number of likely N-dealkylation sites (N-methyl/N-ethyl adjacent to an activating group) is 1. The molecule has 1 fully saturated rings. The van der Waals surface area contributed by atoms with Crippen molar-refractivity contribution in [1.82, 2.24) is 14.3 Å². The summed E-state index contributed by atoms with van der Waals surface area (Å²) in [5, 5.41) is 2.90. The minimum Gasteiger partial charge on any atom is -0.372 e. The SMILES string of the molecule is CNc1nc2ccccn2c(=O)c1C=C1SC(=S)N(C)C1=O. The smallest absolute Gasteiger partial charge is 0.267 e. The van der Waals surface area contributed by atoms with E-state index in [4.69, 9.17) is 12.2 Å². The van der Waals surface area contributed by atoms with Gasteiger partial charge in [0, 0.05) is 20.3 Å². The maximum absolute atomic E-state index is 12.6. The molecule has 0 spiro atoms. The summed E-state index contributed by atoms with van der Waals surface area (Å²) in [6, 6.07) is 5.31. The van der Waals surface area contributed by atoms with E-state index >= 15 is 0 Å². The zero-order chi connectivity index (χ0) is 15.9. The van der Waals surface area contributed by atoms with Crippen molar-refractivity contribution in [2.75, 3.05) is 19.4 Å². The average Bonchev–Trinajstić information content (AvgIpc) is 2.77. The molecule has 0 bridgehead atoms. The number of hydrogen-bond donors (Lipinski definition) is 1. The van der Waals surface area contributed by atoms with Gasteiger partial charge in [0.15, 0.2) is 0 Å². The van der Waals surface area contributed by atoms with Crippen LogP contribution in [0.15, 0.2) is 34.1 Å². The van der Waals surface area contributed by atoms with Crippen LogP contribution in [0.4, 0.5) is 5.82 Å². The Morgan fingerprint density at radius 3 is 2.77 bits per heavy atom. The van der Waals surface area contributed by atoms with Crippen LogP contribution in [0.2, 0.25) is 0 Å². The molecule has 1 saturated heterocycles. The Balaban J connectivity index is 2.23. The summed E-state index contributed by atoms with van der Waals surface area (Å²) in [7, 11) is 3.30. The summed E-state index contributed by atoms with van der Waals surface area (Å²) in [6.07, 6.45) is 3.19. The van der Waals surface area contributed by atoms with Gasteiger partial charge in [-0.05, 0) is 18.2 Å². The summed E-state index contributed by atoms with van der Waals surface area (Å²) in [6.45, 7) is 0. The number of anilines is 1. The van der Waals surface area contributed by atoms with E-state index in [0.29, 0.717) is 26.3 Å². The third kappa shape index (κ3) is 2.30. The number of aromatic nitrogens is 2. The zero-order valence-corrected chi connectivity index (χ0v) is 13.5. The lowest BCUT2D eigenvalue weighted by Gasteiger charge is -2.08. The van der Waals surface area contributed by atoms with Crippen LogP contribution in [0.1, 0.15) is 5.56 Å². The second-order valence-corrected chi connectivity index (χ2v) is 6.27. The lowest BCUT2D eigenvalue weighted by Crippen LogP contribution is -2.23. The molecule has 1 N–H and O–H groups in total. The van der Waals surface area contributed by atoms with Crippen LogP contribution >= 0.6 is 24.0 Å². The summed E-state index contributed by atoms with van der Waals surface area (Å²) in [4.78, 5) is 30.9. The maximum atomic E-state index is 12.6. The van der Waals surface area contributed by atoms with E-state index in [1.54, 1.807) is 38.5 Å². The van der Waals surface area contributed by atoms with Crippen LogP contribution < -0.4 is 10.9 Å². The van der Waals surface area contributed by atoms with Gasteiger partial charge in [0.25, 0.3) is 11.5 Å². The summed E-state index contributed by atoms with van der Waals surface area (Å²) < 4.78 is 1.91. The van der Waals surface area contributed by atoms with Gasteiger partial charge in [0.05, 0.1) is 10.5 Å². The first-order valence-electron chi connectivity index (χ1n) is 6.43. The van der Waals surface area contributed by atoms with Crippen molar-refractivity contribution in [2.24, 2.45) is 0 Å². The molecule has 0 unspecified atom stereocenters. The van der Waals surface area contributed by atoms with Gasteiger partial charge in [0.1, 0.15) is 15.8 Å². The van der Waals surface area contributed by atoms with Crippen LogP contribution in [0, 0.1) is 0 Å². The lowest BCUT2D eigenvalue weighted by molar-refractivity contribution is -0.121. The van der Waals surface area contributed by atoms with E-state index in [0.717, 1.165) is 0 Å². The normalized spacial score (nSPS) is 16.8. The number of nitrogens with zero attached hydrogens (tertiary/aromatic N) is 3. The van der Waals surface area contributed by atoms with Crippen LogP contribution in [-0.4, -0.2) is 38.6 Å². The second kappa shape index (κ2) is 5.54. The Morgan fingerprint density at radius 2 is 2.14 bits per heavy atom. The van der Waals surface area contributed by atoms with Crippen LogP contribution in [0.3, 0.4) is 0 Å². The number of carbonyl (C=O) groups excluding carboxylic acids is 1. The number of thioether (sulfide) groups is 1. The van der Waals surface area contributed by atoms with Crippen molar-refractivity contribution in [3.05, 3.63) is 45.2 Å². The van der Waals surface area contributed by atoms with Crippen molar-refractivity contribution in [3.63, 3.8) is 0 Å². The highest BCUT2D eigenvalue weighted by Crippen LogP contribution is 2.31. The van der Waals surface area contributed by atoms with Crippen LogP contribution in [-0.2, 0) is 4.79 Å². The number of hydrogen-bond acceptors (Lipinski definition) is 6. The number of amides is 1. The molecule has 112 valence electrons. The molecule has 6 nitrogen and oxygen atoms in total. The van der Waals surface area contributed by atoms with Crippen molar-refractivity contribution < 1.29 is 4.79 Å². The first kappa shape index (κ1) is 14.7. The minimum absolute atomic E-state index is 0.213. The Labute approximate surface area is 135 Å². The van der Waals surface area contributed by atoms with E-state index in [9.17, 15) is 9.59 Å². The van der Waals surface area contributed by atoms with Gasteiger partial charge in [-0.25, -0.2) is 4.98 Å². The molecule has 1 amide bonds. The highest BCUT2D eigenvalue weighted by molar-refractivity contribution is 8.26. The average molecular weight is 332 g/mol. The van der Waals surface area contributed by atoms with Crippen LogP contribution in [0.5, 0.6) is 0 Å². The number of nitrogens with one attached hydrogen (secondary N) is 1. The third-order valence-electron chi connectivity index (χ3n) is 3.27. The van der Waals surface area contributed by atoms with E-state index in [1.807, 2.05) is 6.07 Å². The topological polar surface area (TPSA) is 66.7 Å². The van der Waals surface area contributed by atoms with E-state index in [2.05, 4.69) is 10.3 Å². The molecule has 0 radical (unpaired) electrons. The monoisotopic (exact) mass is 332 g/mol. The number of pyridine rings is 1. The third-order valence-corrected chi connectivity index (χ3v) is 4.75. The van der Waals surface area contributed by atoms with Crippen LogP contribution in [0.25, 0.3) is 11.7 Å². The van der Waals surface area contributed by atoms with Gasteiger partial charge in [0.2, 0.25) is 0 Å². The van der Waals surface area contributed by atoms with E-state index in [-0.39, 0.29) is 11.5 Å². The number of thiocarbonyl (C=S) groups is 1. The van der Waals surface area contributed by atoms with Crippen molar-refractivity contribution in [1.29, 1.82) is 0 Å². The fourth-order valence-corrected chi connectivity index (χ4v) is 3.26. The fourth-order valence-electron chi connectivity index (χ4n) is 2.10. The van der Waals surface area contributed by atoms with Crippen molar-refractivity contribution in [3.8, 4) is 0 Å².